The molecule has 1 aliphatic rings. The van der Waals surface area contributed by atoms with Gasteiger partial charge in [-0.1, -0.05) is 30.3 Å². The molecule has 0 saturated carbocycles. The first-order valence-electron chi connectivity index (χ1n) is 10.0. The lowest BCUT2D eigenvalue weighted by atomic mass is 10.1. The number of sulfonamides is 1. The van der Waals surface area contributed by atoms with E-state index in [-0.39, 0.29) is 11.5 Å². The van der Waals surface area contributed by atoms with Crippen molar-refractivity contribution < 1.29 is 17.9 Å². The molecule has 0 N–H and O–H groups in total. The van der Waals surface area contributed by atoms with Crippen molar-refractivity contribution in [1.82, 2.24) is 9.21 Å². The van der Waals surface area contributed by atoms with Gasteiger partial charge in [-0.3, -0.25) is 0 Å². The van der Waals surface area contributed by atoms with Gasteiger partial charge >= 0.3 is 5.97 Å². The van der Waals surface area contributed by atoms with E-state index in [9.17, 15) is 13.2 Å². The minimum Gasteiger partial charge on any atom is -0.462 e. The van der Waals surface area contributed by atoms with Crippen LogP contribution >= 0.6 is 0 Å². The summed E-state index contributed by atoms with van der Waals surface area (Å²) >= 11 is 0. The van der Waals surface area contributed by atoms with Crippen LogP contribution in [0.5, 0.6) is 0 Å². The smallest absolute Gasteiger partial charge is 0.338 e. The number of ether oxygens (including phenoxy) is 1. The highest BCUT2D eigenvalue weighted by atomic mass is 32.2. The van der Waals surface area contributed by atoms with Crippen molar-refractivity contribution in [3.8, 4) is 0 Å². The number of benzene rings is 2. The fraction of sp³-hybridized carbons (Fsp3) is 0.409. The van der Waals surface area contributed by atoms with E-state index in [0.29, 0.717) is 18.7 Å². The van der Waals surface area contributed by atoms with Crippen LogP contribution in [0, 0.1) is 0 Å². The maximum absolute atomic E-state index is 12.9. The van der Waals surface area contributed by atoms with Crippen LogP contribution in [0.2, 0.25) is 0 Å². The predicted octanol–water partition coefficient (Wildman–Crippen LogP) is 2.80. The van der Waals surface area contributed by atoms with Crippen molar-refractivity contribution >= 4 is 16.0 Å². The summed E-state index contributed by atoms with van der Waals surface area (Å²) in [6.07, 6.45) is 2.10. The van der Waals surface area contributed by atoms with Crippen molar-refractivity contribution in [1.29, 1.82) is 0 Å². The molecular weight excluding hydrogens is 388 g/mol. The van der Waals surface area contributed by atoms with Gasteiger partial charge in [0.15, 0.2) is 0 Å². The molecule has 0 atom stereocenters. The number of nitrogens with zero attached hydrogens (tertiary/aromatic N) is 2. The summed E-state index contributed by atoms with van der Waals surface area (Å²) < 4.78 is 32.2. The zero-order valence-electron chi connectivity index (χ0n) is 16.8. The number of carbonyl (C=O) groups excluding carboxylic acids is 1. The van der Waals surface area contributed by atoms with Crippen LogP contribution in [0.3, 0.4) is 0 Å². The predicted molar refractivity (Wildman–Crippen MR) is 112 cm³/mol. The molecule has 0 amide bonds. The number of esters is 1. The Morgan fingerprint density at radius 1 is 0.966 bits per heavy atom. The molecule has 0 radical (unpaired) electrons. The van der Waals surface area contributed by atoms with E-state index in [2.05, 4.69) is 29.2 Å². The summed E-state index contributed by atoms with van der Waals surface area (Å²) in [5.41, 5.74) is 1.69. The number of hydrogen-bond acceptors (Lipinski definition) is 5. The molecule has 2 aromatic carbocycles. The first kappa shape index (κ1) is 21.5. The van der Waals surface area contributed by atoms with Crippen LogP contribution < -0.4 is 0 Å². The van der Waals surface area contributed by atoms with Crippen LogP contribution in [0.4, 0.5) is 0 Å². The SMILES string of the molecule is CCOC(=O)c1ccc(S(=O)(=O)N2CCN(CCCc3ccccc3)CC2)cc1. The van der Waals surface area contributed by atoms with Gasteiger partial charge in [0.2, 0.25) is 10.0 Å². The number of carbonyl (C=O) groups is 1. The molecule has 7 heteroatoms. The minimum absolute atomic E-state index is 0.211. The van der Waals surface area contributed by atoms with E-state index in [1.807, 2.05) is 6.07 Å². The molecular formula is C22H28N2O4S. The largest absolute Gasteiger partial charge is 0.462 e. The lowest BCUT2D eigenvalue weighted by Crippen LogP contribution is -2.48. The second-order valence-corrected chi connectivity index (χ2v) is 9.02. The molecule has 1 saturated heterocycles. The van der Waals surface area contributed by atoms with Crippen LogP contribution in [0.1, 0.15) is 29.3 Å². The highest BCUT2D eigenvalue weighted by Gasteiger charge is 2.28. The Hall–Kier alpha value is -2.22. The van der Waals surface area contributed by atoms with Gasteiger partial charge in [-0.25, -0.2) is 13.2 Å². The summed E-state index contributed by atoms with van der Waals surface area (Å²) in [5, 5.41) is 0. The standard InChI is InChI=1S/C22H28N2O4S/c1-2-28-22(25)20-10-12-21(13-11-20)29(26,27)24-17-15-23(16-18-24)14-6-9-19-7-4-3-5-8-19/h3-5,7-8,10-13H,2,6,9,14-18H2,1H3. The fourth-order valence-electron chi connectivity index (χ4n) is 3.47. The zero-order valence-corrected chi connectivity index (χ0v) is 17.6. The molecule has 2 aromatic rings. The third-order valence-corrected chi connectivity index (χ3v) is 7.03. The molecule has 6 nitrogen and oxygen atoms in total. The second-order valence-electron chi connectivity index (χ2n) is 7.08. The van der Waals surface area contributed by atoms with Crippen LogP contribution in [-0.4, -0.2) is 62.9 Å². The maximum atomic E-state index is 12.9. The highest BCUT2D eigenvalue weighted by molar-refractivity contribution is 7.89. The first-order valence-corrected chi connectivity index (χ1v) is 11.5. The van der Waals surface area contributed by atoms with E-state index >= 15 is 0 Å². The van der Waals surface area contributed by atoms with Crippen LogP contribution in [-0.2, 0) is 21.2 Å². The molecule has 29 heavy (non-hydrogen) atoms. The van der Waals surface area contributed by atoms with Crippen molar-refractivity contribution in [3.05, 3.63) is 65.7 Å². The van der Waals surface area contributed by atoms with Gasteiger partial charge in [-0.05, 0) is 56.1 Å². The Morgan fingerprint density at radius 3 is 2.24 bits per heavy atom. The first-order chi connectivity index (χ1) is 14.0. The summed E-state index contributed by atoms with van der Waals surface area (Å²) in [4.78, 5) is 14.3. The molecule has 0 unspecified atom stereocenters. The number of rotatable bonds is 8. The molecule has 156 valence electrons. The Balaban J connectivity index is 1.50. The summed E-state index contributed by atoms with van der Waals surface area (Å²) in [6, 6.07) is 16.4. The maximum Gasteiger partial charge on any atom is 0.338 e. The van der Waals surface area contributed by atoms with Crippen molar-refractivity contribution in [3.63, 3.8) is 0 Å². The third kappa shape index (κ3) is 5.65. The van der Waals surface area contributed by atoms with E-state index in [1.54, 1.807) is 6.92 Å². The summed E-state index contributed by atoms with van der Waals surface area (Å²) in [7, 11) is -3.55. The lowest BCUT2D eigenvalue weighted by molar-refractivity contribution is 0.0526. The van der Waals surface area contributed by atoms with Crippen molar-refractivity contribution in [2.75, 3.05) is 39.3 Å². The van der Waals surface area contributed by atoms with Crippen molar-refractivity contribution in [2.45, 2.75) is 24.7 Å². The fourth-order valence-corrected chi connectivity index (χ4v) is 4.89. The molecule has 0 bridgehead atoms. The Labute approximate surface area is 173 Å². The summed E-state index contributed by atoms with van der Waals surface area (Å²) in [6.45, 7) is 5.41. The molecule has 0 aliphatic carbocycles. The monoisotopic (exact) mass is 416 g/mol. The third-order valence-electron chi connectivity index (χ3n) is 5.12. The molecule has 3 rings (SSSR count). The Bertz CT molecular complexity index is 890. The minimum atomic E-state index is -3.55. The molecule has 1 heterocycles. The summed E-state index contributed by atoms with van der Waals surface area (Å²) in [5.74, 6) is -0.444. The number of hydrogen-bond donors (Lipinski definition) is 0. The number of aryl methyl sites for hydroxylation is 1. The Morgan fingerprint density at radius 2 is 1.62 bits per heavy atom. The zero-order chi connectivity index (χ0) is 20.7. The second kappa shape index (κ2) is 10.0. The molecule has 1 aliphatic heterocycles. The highest BCUT2D eigenvalue weighted by Crippen LogP contribution is 2.19. The van der Waals surface area contributed by atoms with Gasteiger partial charge in [-0.2, -0.15) is 4.31 Å². The van der Waals surface area contributed by atoms with Crippen molar-refractivity contribution in [2.24, 2.45) is 0 Å². The van der Waals surface area contributed by atoms with Gasteiger partial charge in [0.1, 0.15) is 0 Å². The van der Waals surface area contributed by atoms with Gasteiger partial charge in [0, 0.05) is 26.2 Å². The number of piperazine rings is 1. The van der Waals surface area contributed by atoms with Gasteiger partial charge in [0.25, 0.3) is 0 Å². The normalized spacial score (nSPS) is 15.9. The average molecular weight is 417 g/mol. The van der Waals surface area contributed by atoms with Gasteiger partial charge in [0.05, 0.1) is 17.1 Å². The molecule has 0 spiro atoms. The van der Waals surface area contributed by atoms with Gasteiger partial charge < -0.3 is 9.64 Å². The van der Waals surface area contributed by atoms with E-state index in [4.69, 9.17) is 4.74 Å². The quantitative estimate of drug-likeness (QED) is 0.619. The average Bonchev–Trinajstić information content (AvgIpc) is 2.75. The van der Waals surface area contributed by atoms with E-state index < -0.39 is 16.0 Å². The molecule has 0 aromatic heterocycles. The lowest BCUT2D eigenvalue weighted by Gasteiger charge is -2.34. The Kier molecular flexibility index (Phi) is 7.41. The van der Waals surface area contributed by atoms with Gasteiger partial charge in [-0.15, -0.1) is 0 Å². The topological polar surface area (TPSA) is 66.9 Å². The van der Waals surface area contributed by atoms with E-state index in [1.165, 1.54) is 34.1 Å². The van der Waals surface area contributed by atoms with Crippen LogP contribution in [0.25, 0.3) is 0 Å². The van der Waals surface area contributed by atoms with Crippen LogP contribution in [0.15, 0.2) is 59.5 Å². The molecule has 1 fully saturated rings. The van der Waals surface area contributed by atoms with E-state index in [0.717, 1.165) is 32.5 Å².